The summed E-state index contributed by atoms with van der Waals surface area (Å²) in [6, 6.07) is 0. The van der Waals surface area contributed by atoms with Gasteiger partial charge in [0.05, 0.1) is 12.2 Å². The minimum Gasteiger partial charge on any atom is -0.465 e. The first-order valence-electron chi connectivity index (χ1n) is 6.72. The third-order valence-electron chi connectivity index (χ3n) is 4.27. The molecule has 1 saturated carbocycles. The minimum absolute atomic E-state index is 0.200. The topological polar surface area (TPSA) is 46.5 Å². The highest BCUT2D eigenvalue weighted by Gasteiger charge is 2.56. The van der Waals surface area contributed by atoms with Gasteiger partial charge < -0.3 is 9.84 Å². The lowest BCUT2D eigenvalue weighted by Crippen LogP contribution is -2.54. The summed E-state index contributed by atoms with van der Waals surface area (Å²) in [4.78, 5) is 12.3. The third-order valence-corrected chi connectivity index (χ3v) is 4.27. The second kappa shape index (κ2) is 4.81. The van der Waals surface area contributed by atoms with E-state index in [1.807, 2.05) is 19.1 Å². The van der Waals surface area contributed by atoms with Crippen molar-refractivity contribution in [1.82, 2.24) is 0 Å². The standard InChI is InChI=1S/C14H22O3/c1-2-17-12(15)13-8-4-3-5-10-14(13,16)11-7-6-9-13/h5,10,16H,2-4,6-9,11H2,1H3. The molecule has 1 N–H and O–H groups in total. The molecule has 0 aromatic heterocycles. The molecule has 0 bridgehead atoms. The van der Waals surface area contributed by atoms with Crippen LogP contribution in [0.5, 0.6) is 0 Å². The Balaban J connectivity index is 2.35. The van der Waals surface area contributed by atoms with E-state index in [4.69, 9.17) is 4.74 Å². The maximum absolute atomic E-state index is 12.3. The van der Waals surface area contributed by atoms with Gasteiger partial charge in [-0.05, 0) is 39.0 Å². The lowest BCUT2D eigenvalue weighted by atomic mass is 9.61. The van der Waals surface area contributed by atoms with Gasteiger partial charge in [-0.15, -0.1) is 0 Å². The van der Waals surface area contributed by atoms with E-state index >= 15 is 0 Å². The van der Waals surface area contributed by atoms with Gasteiger partial charge in [-0.2, -0.15) is 0 Å². The van der Waals surface area contributed by atoms with Gasteiger partial charge in [-0.25, -0.2) is 0 Å². The van der Waals surface area contributed by atoms with Gasteiger partial charge >= 0.3 is 5.97 Å². The highest BCUT2D eigenvalue weighted by molar-refractivity contribution is 5.79. The second-order valence-electron chi connectivity index (χ2n) is 5.23. The van der Waals surface area contributed by atoms with Crippen LogP contribution >= 0.6 is 0 Å². The van der Waals surface area contributed by atoms with Crippen molar-refractivity contribution >= 4 is 5.97 Å². The van der Waals surface area contributed by atoms with Crippen LogP contribution in [0.3, 0.4) is 0 Å². The van der Waals surface area contributed by atoms with Gasteiger partial charge in [-0.1, -0.05) is 25.0 Å². The van der Waals surface area contributed by atoms with Gasteiger partial charge in [0.1, 0.15) is 5.41 Å². The van der Waals surface area contributed by atoms with Crippen LogP contribution in [-0.2, 0) is 9.53 Å². The number of carbonyl (C=O) groups is 1. The van der Waals surface area contributed by atoms with Gasteiger partial charge in [-0.3, -0.25) is 4.79 Å². The lowest BCUT2D eigenvalue weighted by Gasteiger charge is -2.46. The Hall–Kier alpha value is -0.830. The molecule has 0 amide bonds. The number of carbonyl (C=O) groups excluding carboxylic acids is 1. The van der Waals surface area contributed by atoms with Crippen molar-refractivity contribution in [3.8, 4) is 0 Å². The Morgan fingerprint density at radius 2 is 2.00 bits per heavy atom. The van der Waals surface area contributed by atoms with E-state index in [2.05, 4.69) is 0 Å². The maximum atomic E-state index is 12.3. The van der Waals surface area contributed by atoms with Crippen LogP contribution in [-0.4, -0.2) is 23.3 Å². The van der Waals surface area contributed by atoms with E-state index in [1.54, 1.807) is 0 Å². The number of rotatable bonds is 2. The molecular weight excluding hydrogens is 216 g/mol. The molecular formula is C14H22O3. The first-order chi connectivity index (χ1) is 8.15. The Labute approximate surface area is 103 Å². The van der Waals surface area contributed by atoms with Crippen LogP contribution in [0.2, 0.25) is 0 Å². The summed E-state index contributed by atoms with van der Waals surface area (Å²) < 4.78 is 5.23. The van der Waals surface area contributed by atoms with Gasteiger partial charge in [0, 0.05) is 0 Å². The Kier molecular flexibility index (Phi) is 3.57. The molecule has 17 heavy (non-hydrogen) atoms. The highest BCUT2D eigenvalue weighted by atomic mass is 16.5. The molecule has 96 valence electrons. The number of allylic oxidation sites excluding steroid dienone is 1. The van der Waals surface area contributed by atoms with Crippen molar-refractivity contribution in [2.75, 3.05) is 6.61 Å². The zero-order valence-electron chi connectivity index (χ0n) is 10.6. The van der Waals surface area contributed by atoms with Crippen LogP contribution in [0.1, 0.15) is 51.9 Å². The molecule has 0 aliphatic heterocycles. The van der Waals surface area contributed by atoms with Crippen molar-refractivity contribution in [2.45, 2.75) is 57.5 Å². The van der Waals surface area contributed by atoms with Crippen molar-refractivity contribution in [1.29, 1.82) is 0 Å². The number of hydrogen-bond donors (Lipinski definition) is 1. The summed E-state index contributed by atoms with van der Waals surface area (Å²) >= 11 is 0. The number of fused-ring (bicyclic) bond motifs is 1. The Bertz CT molecular complexity index is 323. The zero-order valence-corrected chi connectivity index (χ0v) is 10.6. The lowest BCUT2D eigenvalue weighted by molar-refractivity contribution is -0.176. The van der Waals surface area contributed by atoms with E-state index in [1.165, 1.54) is 0 Å². The fraction of sp³-hybridized carbons (Fsp3) is 0.786. The van der Waals surface area contributed by atoms with Gasteiger partial charge in [0.2, 0.25) is 0 Å². The molecule has 2 aliphatic rings. The van der Waals surface area contributed by atoms with Crippen molar-refractivity contribution < 1.29 is 14.6 Å². The average Bonchev–Trinajstić information content (AvgIpc) is 2.48. The van der Waals surface area contributed by atoms with Crippen molar-refractivity contribution in [3.63, 3.8) is 0 Å². The van der Waals surface area contributed by atoms with Crippen LogP contribution in [0.25, 0.3) is 0 Å². The van der Waals surface area contributed by atoms with E-state index < -0.39 is 11.0 Å². The van der Waals surface area contributed by atoms with E-state index in [9.17, 15) is 9.90 Å². The largest absolute Gasteiger partial charge is 0.465 e. The summed E-state index contributed by atoms with van der Waals surface area (Å²) in [5, 5.41) is 10.8. The highest BCUT2D eigenvalue weighted by Crippen LogP contribution is 2.50. The van der Waals surface area contributed by atoms with Gasteiger partial charge in [0.15, 0.2) is 0 Å². The van der Waals surface area contributed by atoms with Crippen molar-refractivity contribution in [2.24, 2.45) is 5.41 Å². The van der Waals surface area contributed by atoms with Crippen molar-refractivity contribution in [3.05, 3.63) is 12.2 Å². The average molecular weight is 238 g/mol. The fourth-order valence-corrected chi connectivity index (χ4v) is 3.31. The number of aliphatic hydroxyl groups is 1. The first kappa shape index (κ1) is 12.6. The van der Waals surface area contributed by atoms with Crippen LogP contribution in [0.4, 0.5) is 0 Å². The molecule has 0 saturated heterocycles. The molecule has 1 fully saturated rings. The summed E-state index contributed by atoms with van der Waals surface area (Å²) in [6.45, 7) is 2.21. The third kappa shape index (κ3) is 2.01. The molecule has 0 spiro atoms. The monoisotopic (exact) mass is 238 g/mol. The number of esters is 1. The zero-order chi connectivity index (χ0) is 12.4. The Morgan fingerprint density at radius 3 is 2.76 bits per heavy atom. The summed E-state index contributed by atoms with van der Waals surface area (Å²) in [6.07, 6.45) is 9.96. The summed E-state index contributed by atoms with van der Waals surface area (Å²) in [7, 11) is 0. The van der Waals surface area contributed by atoms with E-state index in [0.717, 1.165) is 38.5 Å². The molecule has 3 heteroatoms. The maximum Gasteiger partial charge on any atom is 0.315 e. The Morgan fingerprint density at radius 1 is 1.29 bits per heavy atom. The molecule has 0 aromatic rings. The minimum atomic E-state index is -0.978. The molecule has 0 radical (unpaired) electrons. The molecule has 2 rings (SSSR count). The van der Waals surface area contributed by atoms with Crippen LogP contribution in [0.15, 0.2) is 12.2 Å². The second-order valence-corrected chi connectivity index (χ2v) is 5.23. The van der Waals surface area contributed by atoms with E-state index in [-0.39, 0.29) is 5.97 Å². The molecule has 3 nitrogen and oxygen atoms in total. The predicted octanol–water partition coefficient (Wildman–Crippen LogP) is 2.58. The summed E-state index contributed by atoms with van der Waals surface area (Å²) in [5.41, 5.74) is -1.66. The van der Waals surface area contributed by atoms with E-state index in [0.29, 0.717) is 13.0 Å². The molecule has 2 unspecified atom stereocenters. The number of ether oxygens (including phenoxy) is 1. The van der Waals surface area contributed by atoms with Crippen LogP contribution in [0, 0.1) is 5.41 Å². The van der Waals surface area contributed by atoms with Gasteiger partial charge in [0.25, 0.3) is 0 Å². The quantitative estimate of drug-likeness (QED) is 0.594. The number of hydrogen-bond acceptors (Lipinski definition) is 3. The predicted molar refractivity (Wildman–Crippen MR) is 65.5 cm³/mol. The van der Waals surface area contributed by atoms with Crippen LogP contribution < -0.4 is 0 Å². The fourth-order valence-electron chi connectivity index (χ4n) is 3.31. The smallest absolute Gasteiger partial charge is 0.315 e. The SMILES string of the molecule is CCOC(=O)C12CCCC=CC1(O)CCCC2. The molecule has 0 aromatic carbocycles. The summed E-state index contributed by atoms with van der Waals surface area (Å²) in [5.74, 6) is -0.200. The molecule has 2 atom stereocenters. The first-order valence-corrected chi connectivity index (χ1v) is 6.72. The molecule has 0 heterocycles. The normalized spacial score (nSPS) is 37.1. The molecule has 2 aliphatic carbocycles.